The summed E-state index contributed by atoms with van der Waals surface area (Å²) in [6.45, 7) is 2.01. The lowest BCUT2D eigenvalue weighted by atomic mass is 10.1. The first-order valence-corrected chi connectivity index (χ1v) is 9.57. The van der Waals surface area contributed by atoms with Crippen LogP contribution >= 0.6 is 15.9 Å². The minimum atomic E-state index is -0.500. The fourth-order valence-corrected chi connectivity index (χ4v) is 3.24. The summed E-state index contributed by atoms with van der Waals surface area (Å²) in [5.41, 5.74) is 2.72. The molecule has 3 rings (SSSR count). The van der Waals surface area contributed by atoms with Crippen LogP contribution in [-0.4, -0.2) is 36.3 Å². The number of H-pyrrole nitrogens is 1. The molecule has 0 unspecified atom stereocenters. The number of aromatic nitrogens is 2. The van der Waals surface area contributed by atoms with E-state index in [9.17, 15) is 10.1 Å². The number of aromatic amines is 1. The Labute approximate surface area is 176 Å². The number of rotatable bonds is 7. The number of hydrogen-bond donors (Lipinski definition) is 1. The van der Waals surface area contributed by atoms with E-state index in [0.29, 0.717) is 39.5 Å². The number of esters is 1. The third kappa shape index (κ3) is 4.76. The Bertz CT molecular complexity index is 1080. The van der Waals surface area contributed by atoms with Crippen LogP contribution in [0.3, 0.4) is 0 Å². The molecule has 0 saturated carbocycles. The van der Waals surface area contributed by atoms with Crippen LogP contribution < -0.4 is 9.47 Å². The molecule has 0 fully saturated rings. The summed E-state index contributed by atoms with van der Waals surface area (Å²) in [4.78, 5) is 19.0. The van der Waals surface area contributed by atoms with Gasteiger partial charge in [-0.05, 0) is 58.8 Å². The quantitative estimate of drug-likeness (QED) is 0.420. The monoisotopic (exact) mass is 455 g/mol. The number of benzene rings is 2. The average molecular weight is 456 g/mol. The SMILES string of the molecule is CCOc1cc(C=C(C#N)c2nc3ccccc3[nH]2)cc(Br)c1OCC(=O)OC. The van der Waals surface area contributed by atoms with Crippen LogP contribution in [0.2, 0.25) is 0 Å². The van der Waals surface area contributed by atoms with Crippen LogP contribution in [0.25, 0.3) is 22.7 Å². The summed E-state index contributed by atoms with van der Waals surface area (Å²) < 4.78 is 16.4. The molecule has 3 aromatic rings. The Morgan fingerprint density at radius 1 is 1.31 bits per heavy atom. The molecule has 0 atom stereocenters. The maximum absolute atomic E-state index is 11.4. The highest BCUT2D eigenvalue weighted by Crippen LogP contribution is 2.38. The van der Waals surface area contributed by atoms with Gasteiger partial charge in [-0.3, -0.25) is 0 Å². The Kier molecular flexibility index (Phi) is 6.52. The molecule has 1 aromatic heterocycles. The van der Waals surface area contributed by atoms with E-state index in [0.717, 1.165) is 11.0 Å². The fraction of sp³-hybridized carbons (Fsp3) is 0.190. The largest absolute Gasteiger partial charge is 0.490 e. The molecule has 0 saturated heterocycles. The number of nitriles is 1. The second-order valence-corrected chi connectivity index (χ2v) is 6.75. The number of nitrogens with zero attached hydrogens (tertiary/aromatic N) is 2. The van der Waals surface area contributed by atoms with Gasteiger partial charge < -0.3 is 19.2 Å². The number of nitrogens with one attached hydrogen (secondary N) is 1. The van der Waals surface area contributed by atoms with Crippen molar-refractivity contribution >= 4 is 44.6 Å². The van der Waals surface area contributed by atoms with Crippen molar-refractivity contribution in [1.29, 1.82) is 5.26 Å². The average Bonchev–Trinajstić information content (AvgIpc) is 3.15. The molecule has 0 radical (unpaired) electrons. The molecule has 0 aliphatic heterocycles. The zero-order chi connectivity index (χ0) is 20.8. The van der Waals surface area contributed by atoms with Gasteiger partial charge >= 0.3 is 5.97 Å². The van der Waals surface area contributed by atoms with Crippen molar-refractivity contribution in [3.8, 4) is 17.6 Å². The van der Waals surface area contributed by atoms with Crippen molar-refractivity contribution in [3.63, 3.8) is 0 Å². The topological polar surface area (TPSA) is 97.2 Å². The van der Waals surface area contributed by atoms with E-state index in [1.54, 1.807) is 18.2 Å². The molecule has 2 aromatic carbocycles. The van der Waals surface area contributed by atoms with Crippen molar-refractivity contribution < 1.29 is 19.0 Å². The van der Waals surface area contributed by atoms with Crippen molar-refractivity contribution in [2.45, 2.75) is 6.92 Å². The van der Waals surface area contributed by atoms with Gasteiger partial charge in [-0.1, -0.05) is 12.1 Å². The lowest BCUT2D eigenvalue weighted by molar-refractivity contribution is -0.142. The van der Waals surface area contributed by atoms with Crippen LogP contribution in [-0.2, 0) is 9.53 Å². The van der Waals surface area contributed by atoms with Gasteiger partial charge in [0.2, 0.25) is 0 Å². The van der Waals surface area contributed by atoms with Gasteiger partial charge in [0, 0.05) is 0 Å². The van der Waals surface area contributed by atoms with E-state index in [2.05, 4.69) is 36.7 Å². The van der Waals surface area contributed by atoms with Crippen LogP contribution in [0, 0.1) is 11.3 Å². The Morgan fingerprint density at radius 3 is 2.79 bits per heavy atom. The van der Waals surface area contributed by atoms with Crippen LogP contribution in [0.15, 0.2) is 40.9 Å². The Hall–Kier alpha value is -3.31. The van der Waals surface area contributed by atoms with Gasteiger partial charge in [-0.2, -0.15) is 5.26 Å². The van der Waals surface area contributed by atoms with Gasteiger partial charge in [-0.15, -0.1) is 0 Å². The van der Waals surface area contributed by atoms with E-state index in [4.69, 9.17) is 9.47 Å². The third-order valence-electron chi connectivity index (χ3n) is 3.97. The fourth-order valence-electron chi connectivity index (χ4n) is 2.66. The predicted molar refractivity (Wildman–Crippen MR) is 112 cm³/mol. The maximum Gasteiger partial charge on any atom is 0.343 e. The first-order chi connectivity index (χ1) is 14.0. The molecule has 29 heavy (non-hydrogen) atoms. The third-order valence-corrected chi connectivity index (χ3v) is 4.56. The summed E-state index contributed by atoms with van der Waals surface area (Å²) in [6, 6.07) is 13.3. The zero-order valence-electron chi connectivity index (χ0n) is 15.9. The number of fused-ring (bicyclic) bond motifs is 1. The maximum atomic E-state index is 11.4. The number of halogens is 1. The predicted octanol–water partition coefficient (Wildman–Crippen LogP) is 4.34. The van der Waals surface area contributed by atoms with Crippen LogP contribution in [0.4, 0.5) is 0 Å². The van der Waals surface area contributed by atoms with E-state index in [1.165, 1.54) is 7.11 Å². The van der Waals surface area contributed by atoms with Crippen LogP contribution in [0.1, 0.15) is 18.3 Å². The highest BCUT2D eigenvalue weighted by atomic mass is 79.9. The summed E-state index contributed by atoms with van der Waals surface area (Å²) in [7, 11) is 1.29. The molecular weight excluding hydrogens is 438 g/mol. The van der Waals surface area contributed by atoms with Crippen molar-refractivity contribution in [3.05, 3.63) is 52.3 Å². The minimum absolute atomic E-state index is 0.243. The number of carbonyl (C=O) groups excluding carboxylic acids is 1. The number of para-hydroxylation sites is 2. The summed E-state index contributed by atoms with van der Waals surface area (Å²) in [5.74, 6) is 0.810. The number of hydrogen-bond acceptors (Lipinski definition) is 6. The number of carbonyl (C=O) groups is 1. The number of ether oxygens (including phenoxy) is 3. The normalized spacial score (nSPS) is 11.2. The number of allylic oxidation sites excluding steroid dienone is 1. The lowest BCUT2D eigenvalue weighted by Crippen LogP contribution is -2.13. The van der Waals surface area contributed by atoms with E-state index >= 15 is 0 Å². The van der Waals surface area contributed by atoms with Crippen molar-refractivity contribution in [2.75, 3.05) is 20.3 Å². The minimum Gasteiger partial charge on any atom is -0.490 e. The van der Waals surface area contributed by atoms with E-state index < -0.39 is 5.97 Å². The summed E-state index contributed by atoms with van der Waals surface area (Å²) in [6.07, 6.45) is 1.70. The smallest absolute Gasteiger partial charge is 0.343 e. The molecule has 0 amide bonds. The van der Waals surface area contributed by atoms with Gasteiger partial charge in [0.05, 0.1) is 34.8 Å². The molecule has 0 aliphatic rings. The van der Waals surface area contributed by atoms with Gasteiger partial charge in [0.25, 0.3) is 0 Å². The van der Waals surface area contributed by atoms with Crippen molar-refractivity contribution in [1.82, 2.24) is 9.97 Å². The second kappa shape index (κ2) is 9.26. The molecule has 1 heterocycles. The van der Waals surface area contributed by atoms with Gasteiger partial charge in [0.1, 0.15) is 11.9 Å². The number of imidazole rings is 1. The molecule has 1 N–H and O–H groups in total. The molecule has 7 nitrogen and oxygen atoms in total. The molecule has 0 spiro atoms. The first kappa shape index (κ1) is 20.4. The Morgan fingerprint density at radius 2 is 2.10 bits per heavy atom. The van der Waals surface area contributed by atoms with E-state index in [-0.39, 0.29) is 6.61 Å². The molecular formula is C21H18BrN3O4. The molecule has 0 bridgehead atoms. The van der Waals surface area contributed by atoms with Crippen LogP contribution in [0.5, 0.6) is 11.5 Å². The van der Waals surface area contributed by atoms with E-state index in [1.807, 2.05) is 31.2 Å². The second-order valence-electron chi connectivity index (χ2n) is 5.90. The van der Waals surface area contributed by atoms with Gasteiger partial charge in [-0.25, -0.2) is 9.78 Å². The standard InChI is InChI=1S/C21H18BrN3O4/c1-3-28-18-10-13(9-15(22)20(18)29-12-19(26)27-2)8-14(11-23)21-24-16-6-4-5-7-17(16)25-21/h4-10H,3,12H2,1-2H3,(H,24,25). The summed E-state index contributed by atoms with van der Waals surface area (Å²) in [5, 5.41) is 9.64. The highest BCUT2D eigenvalue weighted by Gasteiger charge is 2.15. The number of methoxy groups -OCH3 is 1. The lowest BCUT2D eigenvalue weighted by Gasteiger charge is -2.14. The zero-order valence-corrected chi connectivity index (χ0v) is 17.4. The van der Waals surface area contributed by atoms with Gasteiger partial charge in [0.15, 0.2) is 18.1 Å². The Balaban J connectivity index is 1.98. The molecule has 8 heteroatoms. The molecule has 148 valence electrons. The summed E-state index contributed by atoms with van der Waals surface area (Å²) >= 11 is 3.44. The molecule has 0 aliphatic carbocycles. The first-order valence-electron chi connectivity index (χ1n) is 8.78. The highest BCUT2D eigenvalue weighted by molar-refractivity contribution is 9.10. The van der Waals surface area contributed by atoms with Crippen molar-refractivity contribution in [2.24, 2.45) is 0 Å².